The Labute approximate surface area is 168 Å². The lowest BCUT2D eigenvalue weighted by Crippen LogP contribution is -2.38. The van der Waals surface area contributed by atoms with Crippen LogP contribution in [0.25, 0.3) is 0 Å². The van der Waals surface area contributed by atoms with Crippen LogP contribution in [-0.4, -0.2) is 47.4 Å². The van der Waals surface area contributed by atoms with E-state index in [-0.39, 0.29) is 16.0 Å². The third-order valence-corrected chi connectivity index (χ3v) is 7.91. The average molecular weight is 409 g/mol. The zero-order valence-corrected chi connectivity index (χ0v) is 16.8. The number of anilines is 2. The molecule has 0 radical (unpaired) electrons. The summed E-state index contributed by atoms with van der Waals surface area (Å²) in [7, 11) is 0. The molecular formula is C19H28N4O4S. The van der Waals surface area contributed by atoms with Crippen molar-refractivity contribution in [2.45, 2.75) is 75.7 Å². The topological polar surface area (TPSA) is 98.6 Å². The van der Waals surface area contributed by atoms with Crippen LogP contribution in [0.1, 0.15) is 51.4 Å². The smallest absolute Gasteiger partial charge is 0.369 e. The highest BCUT2D eigenvalue weighted by Gasteiger charge is 2.40. The summed E-state index contributed by atoms with van der Waals surface area (Å²) in [5, 5.41) is 19.3. The highest BCUT2D eigenvalue weighted by atomic mass is 32.1. The number of nitrogens with one attached hydrogen (secondary N) is 2. The van der Waals surface area contributed by atoms with Gasteiger partial charge in [0.2, 0.25) is 5.82 Å². The van der Waals surface area contributed by atoms with E-state index in [1.807, 2.05) is 0 Å². The molecule has 154 valence electrons. The molecule has 0 spiro atoms. The van der Waals surface area contributed by atoms with Crippen LogP contribution in [0.4, 0.5) is 16.0 Å². The summed E-state index contributed by atoms with van der Waals surface area (Å²) in [6, 6.07) is 0.499. The third kappa shape index (κ3) is 3.48. The number of hydrogen-bond donors (Lipinski definition) is 2. The molecule has 2 saturated carbocycles. The van der Waals surface area contributed by atoms with Gasteiger partial charge in [0.1, 0.15) is 0 Å². The van der Waals surface area contributed by atoms with Crippen molar-refractivity contribution in [3.63, 3.8) is 0 Å². The molecule has 1 aromatic heterocycles. The van der Waals surface area contributed by atoms with E-state index in [4.69, 9.17) is 9.47 Å². The predicted molar refractivity (Wildman–Crippen MR) is 107 cm³/mol. The monoisotopic (exact) mass is 408 g/mol. The van der Waals surface area contributed by atoms with Gasteiger partial charge in [-0.05, 0) is 62.7 Å². The third-order valence-electron chi connectivity index (χ3n) is 6.97. The molecule has 2 aliphatic heterocycles. The molecule has 5 rings (SSSR count). The van der Waals surface area contributed by atoms with Crippen LogP contribution >= 0.6 is 11.3 Å². The van der Waals surface area contributed by atoms with E-state index in [0.29, 0.717) is 41.0 Å². The second-order valence-electron chi connectivity index (χ2n) is 8.52. The molecule has 2 saturated heterocycles. The van der Waals surface area contributed by atoms with Crippen molar-refractivity contribution in [2.75, 3.05) is 23.8 Å². The Morgan fingerprint density at radius 1 is 0.929 bits per heavy atom. The number of fused-ring (bicyclic) bond motifs is 2. The minimum atomic E-state index is -0.307. The molecular weight excluding hydrogens is 380 g/mol. The molecule has 0 bridgehead atoms. The lowest BCUT2D eigenvalue weighted by molar-refractivity contribution is -0.379. The van der Waals surface area contributed by atoms with Crippen LogP contribution in [0.15, 0.2) is 0 Å². The van der Waals surface area contributed by atoms with Crippen molar-refractivity contribution in [3.05, 3.63) is 10.1 Å². The van der Waals surface area contributed by atoms with E-state index in [1.54, 1.807) is 0 Å². The van der Waals surface area contributed by atoms with E-state index in [1.165, 1.54) is 0 Å². The van der Waals surface area contributed by atoms with Gasteiger partial charge in [-0.1, -0.05) is 0 Å². The first kappa shape index (κ1) is 18.6. The highest BCUT2D eigenvalue weighted by Crippen LogP contribution is 2.42. The zero-order valence-electron chi connectivity index (χ0n) is 16.0. The molecule has 0 aromatic carbocycles. The summed E-state index contributed by atoms with van der Waals surface area (Å²) >= 11 is 1.15. The maximum Gasteiger partial charge on any atom is 0.369 e. The lowest BCUT2D eigenvalue weighted by atomic mass is 9.82. The van der Waals surface area contributed by atoms with Gasteiger partial charge in [-0.25, -0.2) is 0 Å². The Morgan fingerprint density at radius 2 is 1.54 bits per heavy atom. The van der Waals surface area contributed by atoms with Crippen molar-refractivity contribution in [1.29, 1.82) is 0 Å². The number of hydrogen-bond acceptors (Lipinski definition) is 8. The van der Waals surface area contributed by atoms with Gasteiger partial charge in [0.25, 0.3) is 0 Å². The molecule has 8 nitrogen and oxygen atoms in total. The fourth-order valence-corrected chi connectivity index (χ4v) is 6.44. The SMILES string of the molecule is O=[N+]([O-])c1sc(NC2CCCC3OCCC23)nc1NC1CCCC2OCCC12. The number of aromatic nitrogens is 1. The van der Waals surface area contributed by atoms with Crippen LogP contribution in [-0.2, 0) is 9.47 Å². The Bertz CT molecular complexity index is 729. The molecule has 2 N–H and O–H groups in total. The zero-order chi connectivity index (χ0) is 19.1. The first-order valence-electron chi connectivity index (χ1n) is 10.6. The second-order valence-corrected chi connectivity index (χ2v) is 9.49. The predicted octanol–water partition coefficient (Wildman–Crippen LogP) is 3.79. The van der Waals surface area contributed by atoms with Gasteiger partial charge in [-0.15, -0.1) is 0 Å². The van der Waals surface area contributed by atoms with Crippen LogP contribution in [0.3, 0.4) is 0 Å². The summed E-state index contributed by atoms with van der Waals surface area (Å²) < 4.78 is 11.7. The Balaban J connectivity index is 1.32. The summed E-state index contributed by atoms with van der Waals surface area (Å²) in [6.45, 7) is 1.62. The number of thiazole rings is 1. The van der Waals surface area contributed by atoms with E-state index in [2.05, 4.69) is 15.6 Å². The van der Waals surface area contributed by atoms with Crippen LogP contribution in [0.2, 0.25) is 0 Å². The van der Waals surface area contributed by atoms with Gasteiger partial charge in [-0.3, -0.25) is 10.1 Å². The Morgan fingerprint density at radius 3 is 2.14 bits per heavy atom. The molecule has 28 heavy (non-hydrogen) atoms. The van der Waals surface area contributed by atoms with Crippen molar-refractivity contribution >= 4 is 27.3 Å². The largest absolute Gasteiger partial charge is 0.378 e. The molecule has 6 unspecified atom stereocenters. The van der Waals surface area contributed by atoms with Gasteiger partial charge < -0.3 is 20.1 Å². The lowest BCUT2D eigenvalue weighted by Gasteiger charge is -2.33. The van der Waals surface area contributed by atoms with Crippen LogP contribution in [0, 0.1) is 22.0 Å². The molecule has 4 aliphatic rings. The molecule has 4 fully saturated rings. The molecule has 6 atom stereocenters. The van der Waals surface area contributed by atoms with Crippen molar-refractivity contribution in [3.8, 4) is 0 Å². The summed E-state index contributed by atoms with van der Waals surface area (Å²) in [6.07, 6.45) is 9.25. The molecule has 1 aromatic rings. The molecule has 9 heteroatoms. The summed E-state index contributed by atoms with van der Waals surface area (Å²) in [5.41, 5.74) is 0. The second kappa shape index (κ2) is 7.76. The number of ether oxygens (including phenoxy) is 2. The average Bonchev–Trinajstić information content (AvgIpc) is 3.41. The van der Waals surface area contributed by atoms with Gasteiger partial charge >= 0.3 is 5.00 Å². The fourth-order valence-electron chi connectivity index (χ4n) is 5.64. The van der Waals surface area contributed by atoms with Crippen molar-refractivity contribution in [2.24, 2.45) is 11.8 Å². The van der Waals surface area contributed by atoms with E-state index in [9.17, 15) is 10.1 Å². The number of rotatable bonds is 5. The van der Waals surface area contributed by atoms with Gasteiger partial charge in [0, 0.05) is 37.1 Å². The maximum atomic E-state index is 11.6. The fraction of sp³-hybridized carbons (Fsp3) is 0.842. The molecule has 0 amide bonds. The first-order valence-corrected chi connectivity index (χ1v) is 11.4. The van der Waals surface area contributed by atoms with Gasteiger partial charge in [-0.2, -0.15) is 4.98 Å². The maximum absolute atomic E-state index is 11.6. The van der Waals surface area contributed by atoms with Gasteiger partial charge in [0.15, 0.2) is 5.13 Å². The van der Waals surface area contributed by atoms with Gasteiger partial charge in [0.05, 0.1) is 17.1 Å². The standard InChI is InChI=1S/C19H28N4O4S/c24-23(25)18-17(20-13-3-1-5-15-11(13)7-9-26-15)22-19(28-18)21-14-4-2-6-16-12(14)8-10-27-16/h11-16,20H,1-10H2,(H,21,22). The van der Waals surface area contributed by atoms with Crippen LogP contribution < -0.4 is 10.6 Å². The molecule has 2 aliphatic carbocycles. The van der Waals surface area contributed by atoms with E-state index in [0.717, 1.165) is 75.9 Å². The first-order chi connectivity index (χ1) is 13.7. The van der Waals surface area contributed by atoms with Crippen molar-refractivity contribution < 1.29 is 14.4 Å². The summed E-state index contributed by atoms with van der Waals surface area (Å²) in [4.78, 5) is 16.0. The minimum Gasteiger partial charge on any atom is -0.378 e. The normalized spacial score (nSPS) is 37.3. The molecule has 3 heterocycles. The Kier molecular flexibility index (Phi) is 5.15. The van der Waals surface area contributed by atoms with E-state index >= 15 is 0 Å². The highest BCUT2D eigenvalue weighted by molar-refractivity contribution is 7.19. The Hall–Kier alpha value is -1.45. The van der Waals surface area contributed by atoms with Crippen molar-refractivity contribution in [1.82, 2.24) is 4.98 Å². The van der Waals surface area contributed by atoms with E-state index < -0.39 is 0 Å². The number of nitrogens with zero attached hydrogens (tertiary/aromatic N) is 2. The van der Waals surface area contributed by atoms with Crippen LogP contribution in [0.5, 0.6) is 0 Å². The minimum absolute atomic E-state index is 0.110. The quantitative estimate of drug-likeness (QED) is 0.565. The number of nitro groups is 1. The summed E-state index contributed by atoms with van der Waals surface area (Å²) in [5.74, 6) is 1.34.